The molecule has 1 aromatic rings. The zero-order chi connectivity index (χ0) is 12.0. The third kappa shape index (κ3) is 2.46. The number of hydrogen-bond donors (Lipinski definition) is 1. The van der Waals surface area contributed by atoms with Crippen molar-refractivity contribution in [2.45, 2.75) is 31.7 Å². The van der Waals surface area contributed by atoms with Crippen LogP contribution in [0.4, 0.5) is 14.5 Å². The summed E-state index contributed by atoms with van der Waals surface area (Å²) in [6.07, 6.45) is 4.75. The molecular weight excluding hydrogens is 288 g/mol. The van der Waals surface area contributed by atoms with Crippen LogP contribution in [0.5, 0.6) is 0 Å². The maximum atomic E-state index is 13.7. The highest BCUT2D eigenvalue weighted by molar-refractivity contribution is 9.10. The summed E-state index contributed by atoms with van der Waals surface area (Å²) < 4.78 is 27.9. The van der Waals surface area contributed by atoms with E-state index < -0.39 is 11.6 Å². The van der Waals surface area contributed by atoms with E-state index >= 15 is 0 Å². The molecule has 2 saturated carbocycles. The van der Waals surface area contributed by atoms with Crippen LogP contribution in [0, 0.1) is 23.5 Å². The Hall–Kier alpha value is -0.640. The Kier molecular flexibility index (Phi) is 2.85. The molecule has 1 aromatic carbocycles. The highest BCUT2D eigenvalue weighted by Gasteiger charge is 2.42. The first-order valence-corrected chi connectivity index (χ1v) is 6.85. The van der Waals surface area contributed by atoms with Gasteiger partial charge in [0.05, 0.1) is 0 Å². The molecule has 3 rings (SSSR count). The second kappa shape index (κ2) is 4.23. The van der Waals surface area contributed by atoms with Gasteiger partial charge in [0.25, 0.3) is 0 Å². The summed E-state index contributed by atoms with van der Waals surface area (Å²) in [4.78, 5) is 0. The molecule has 92 valence electrons. The van der Waals surface area contributed by atoms with E-state index in [1.165, 1.54) is 37.8 Å². The molecule has 1 N–H and O–H groups in total. The molecule has 0 saturated heterocycles. The van der Waals surface area contributed by atoms with Gasteiger partial charge in [-0.3, -0.25) is 0 Å². The fourth-order valence-corrected chi connectivity index (χ4v) is 2.78. The Morgan fingerprint density at radius 1 is 1.06 bits per heavy atom. The second-order valence-electron chi connectivity index (χ2n) is 5.09. The molecule has 2 aliphatic carbocycles. The standard InChI is InChI=1S/C13H14BrF2N/c14-9-5-10(15)13(11(16)6-9)17-12(7-1-2-7)8-3-4-8/h5-8,12,17H,1-4H2. The molecule has 2 fully saturated rings. The summed E-state index contributed by atoms with van der Waals surface area (Å²) >= 11 is 3.09. The van der Waals surface area contributed by atoms with Crippen molar-refractivity contribution >= 4 is 21.6 Å². The number of halogens is 3. The maximum absolute atomic E-state index is 13.7. The average Bonchev–Trinajstić information content (AvgIpc) is 3.12. The van der Waals surface area contributed by atoms with Gasteiger partial charge in [0.2, 0.25) is 0 Å². The van der Waals surface area contributed by atoms with Crippen LogP contribution in [0.2, 0.25) is 0 Å². The van der Waals surface area contributed by atoms with Gasteiger partial charge < -0.3 is 5.32 Å². The molecule has 0 spiro atoms. The molecule has 0 aliphatic heterocycles. The lowest BCUT2D eigenvalue weighted by atomic mass is 10.1. The normalized spacial score (nSPS) is 19.8. The van der Waals surface area contributed by atoms with Crippen molar-refractivity contribution in [2.75, 3.05) is 5.32 Å². The lowest BCUT2D eigenvalue weighted by Crippen LogP contribution is -2.25. The Morgan fingerprint density at radius 2 is 1.53 bits per heavy atom. The van der Waals surface area contributed by atoms with Gasteiger partial charge in [0, 0.05) is 10.5 Å². The minimum absolute atomic E-state index is 0.0389. The van der Waals surface area contributed by atoms with E-state index in [1.54, 1.807) is 0 Å². The zero-order valence-electron chi connectivity index (χ0n) is 9.35. The predicted octanol–water partition coefficient (Wildman–Crippen LogP) is 4.33. The van der Waals surface area contributed by atoms with Crippen LogP contribution >= 0.6 is 15.9 Å². The maximum Gasteiger partial charge on any atom is 0.150 e. The van der Waals surface area contributed by atoms with Crippen molar-refractivity contribution < 1.29 is 8.78 Å². The topological polar surface area (TPSA) is 12.0 Å². The lowest BCUT2D eigenvalue weighted by Gasteiger charge is -2.20. The third-order valence-electron chi connectivity index (χ3n) is 3.58. The van der Waals surface area contributed by atoms with Crippen molar-refractivity contribution in [2.24, 2.45) is 11.8 Å². The summed E-state index contributed by atoms with van der Waals surface area (Å²) in [5, 5.41) is 3.10. The van der Waals surface area contributed by atoms with E-state index in [2.05, 4.69) is 21.2 Å². The number of rotatable bonds is 4. The van der Waals surface area contributed by atoms with Crippen LogP contribution < -0.4 is 5.32 Å². The largest absolute Gasteiger partial charge is 0.377 e. The van der Waals surface area contributed by atoms with E-state index in [1.807, 2.05) is 0 Å². The van der Waals surface area contributed by atoms with Gasteiger partial charge in [0.15, 0.2) is 0 Å². The lowest BCUT2D eigenvalue weighted by molar-refractivity contribution is 0.540. The molecule has 17 heavy (non-hydrogen) atoms. The third-order valence-corrected chi connectivity index (χ3v) is 4.04. The number of nitrogens with one attached hydrogen (secondary N) is 1. The smallest absolute Gasteiger partial charge is 0.150 e. The molecule has 0 heterocycles. The first kappa shape index (κ1) is 11.5. The number of anilines is 1. The quantitative estimate of drug-likeness (QED) is 0.873. The monoisotopic (exact) mass is 301 g/mol. The van der Waals surface area contributed by atoms with Crippen molar-refractivity contribution in [3.8, 4) is 0 Å². The predicted molar refractivity (Wildman–Crippen MR) is 66.9 cm³/mol. The Morgan fingerprint density at radius 3 is 1.94 bits per heavy atom. The van der Waals surface area contributed by atoms with Crippen molar-refractivity contribution in [1.82, 2.24) is 0 Å². The molecule has 0 unspecified atom stereocenters. The van der Waals surface area contributed by atoms with Crippen molar-refractivity contribution in [3.05, 3.63) is 28.2 Å². The van der Waals surface area contributed by atoms with Crippen LogP contribution in [-0.2, 0) is 0 Å². The summed E-state index contributed by atoms with van der Waals surface area (Å²) in [5.41, 5.74) is 0.0389. The molecule has 0 atom stereocenters. The van der Waals surface area contributed by atoms with E-state index in [-0.39, 0.29) is 11.7 Å². The molecule has 2 aliphatic rings. The first-order valence-electron chi connectivity index (χ1n) is 6.06. The highest BCUT2D eigenvalue weighted by Crippen LogP contribution is 2.46. The second-order valence-corrected chi connectivity index (χ2v) is 6.01. The minimum Gasteiger partial charge on any atom is -0.377 e. The van der Waals surface area contributed by atoms with Crippen molar-refractivity contribution in [1.29, 1.82) is 0 Å². The molecular formula is C13H14BrF2N. The minimum atomic E-state index is -0.511. The zero-order valence-corrected chi connectivity index (χ0v) is 10.9. The van der Waals surface area contributed by atoms with Gasteiger partial charge in [-0.25, -0.2) is 8.78 Å². The first-order chi connectivity index (χ1) is 8.15. The van der Waals surface area contributed by atoms with Crippen LogP contribution in [0.15, 0.2) is 16.6 Å². The van der Waals surface area contributed by atoms with E-state index in [0.29, 0.717) is 16.3 Å². The molecule has 0 bridgehead atoms. The van der Waals surface area contributed by atoms with Gasteiger partial charge in [-0.2, -0.15) is 0 Å². The summed E-state index contributed by atoms with van der Waals surface area (Å²) in [5.74, 6) is 0.209. The Labute approximate surface area is 108 Å². The number of benzene rings is 1. The van der Waals surface area contributed by atoms with Gasteiger partial charge in [-0.15, -0.1) is 0 Å². The van der Waals surface area contributed by atoms with Crippen LogP contribution in [-0.4, -0.2) is 6.04 Å². The van der Waals surface area contributed by atoms with Crippen molar-refractivity contribution in [3.63, 3.8) is 0 Å². The average molecular weight is 302 g/mol. The highest BCUT2D eigenvalue weighted by atomic mass is 79.9. The molecule has 0 aromatic heterocycles. The number of hydrogen-bond acceptors (Lipinski definition) is 1. The molecule has 0 radical (unpaired) electrons. The summed E-state index contributed by atoms with van der Waals surface area (Å²) in [6, 6.07) is 2.88. The summed E-state index contributed by atoms with van der Waals surface area (Å²) in [7, 11) is 0. The SMILES string of the molecule is Fc1cc(Br)cc(F)c1NC(C1CC1)C1CC1. The van der Waals surface area contributed by atoms with E-state index in [4.69, 9.17) is 0 Å². The Bertz CT molecular complexity index is 406. The Balaban J connectivity index is 1.83. The van der Waals surface area contributed by atoms with Gasteiger partial charge in [-0.1, -0.05) is 15.9 Å². The fraction of sp³-hybridized carbons (Fsp3) is 0.538. The van der Waals surface area contributed by atoms with Crippen LogP contribution in [0.3, 0.4) is 0 Å². The molecule has 0 amide bonds. The van der Waals surface area contributed by atoms with Crippen LogP contribution in [0.1, 0.15) is 25.7 Å². The van der Waals surface area contributed by atoms with Crippen LogP contribution in [0.25, 0.3) is 0 Å². The van der Waals surface area contributed by atoms with Gasteiger partial charge in [-0.05, 0) is 49.7 Å². The molecule has 1 nitrogen and oxygen atoms in total. The van der Waals surface area contributed by atoms with E-state index in [0.717, 1.165) is 0 Å². The van der Waals surface area contributed by atoms with Gasteiger partial charge >= 0.3 is 0 Å². The molecule has 4 heteroatoms. The summed E-state index contributed by atoms with van der Waals surface area (Å²) in [6.45, 7) is 0. The van der Waals surface area contributed by atoms with E-state index in [9.17, 15) is 8.78 Å². The fourth-order valence-electron chi connectivity index (χ4n) is 2.38. The van der Waals surface area contributed by atoms with Gasteiger partial charge in [0.1, 0.15) is 17.3 Å².